The topological polar surface area (TPSA) is 113 Å². The number of hydrogen-bond donors (Lipinski definition) is 3. The third-order valence-electron chi connectivity index (χ3n) is 2.49. The van der Waals surface area contributed by atoms with Gasteiger partial charge in [0.25, 0.3) is 0 Å². The standard InChI is InChI=1S/C12H21N3O4/c1-4-7-15(8(2)3)12(19)14-9(11(17)18)5-6-10(13)16/h4,8-9H,1,5-7H2,2-3H3,(H2,13,16)(H,14,19)(H,17,18)/t9-/m1/s1. The molecule has 0 aliphatic rings. The van der Waals surface area contributed by atoms with Gasteiger partial charge < -0.3 is 21.1 Å². The predicted octanol–water partition coefficient (Wildman–Crippen LogP) is 0.311. The largest absolute Gasteiger partial charge is 0.480 e. The highest BCUT2D eigenvalue weighted by atomic mass is 16.4. The number of amides is 3. The van der Waals surface area contributed by atoms with Crippen molar-refractivity contribution in [3.05, 3.63) is 12.7 Å². The Morgan fingerprint density at radius 1 is 1.42 bits per heavy atom. The maximum absolute atomic E-state index is 11.9. The highest BCUT2D eigenvalue weighted by Crippen LogP contribution is 2.03. The van der Waals surface area contributed by atoms with Gasteiger partial charge in [0.2, 0.25) is 5.91 Å². The van der Waals surface area contributed by atoms with Crippen molar-refractivity contribution in [2.24, 2.45) is 5.73 Å². The number of carboxylic acid groups (broad SMARTS) is 1. The maximum atomic E-state index is 11.9. The first-order chi connectivity index (χ1) is 8.79. The number of urea groups is 1. The molecule has 0 radical (unpaired) electrons. The molecule has 0 aromatic rings. The predicted molar refractivity (Wildman–Crippen MR) is 70.4 cm³/mol. The molecule has 0 spiro atoms. The van der Waals surface area contributed by atoms with E-state index in [1.54, 1.807) is 6.08 Å². The molecular formula is C12H21N3O4. The van der Waals surface area contributed by atoms with E-state index in [1.165, 1.54) is 4.90 Å². The van der Waals surface area contributed by atoms with Crippen LogP contribution in [0.4, 0.5) is 4.79 Å². The molecule has 0 aromatic carbocycles. The highest BCUT2D eigenvalue weighted by Gasteiger charge is 2.24. The van der Waals surface area contributed by atoms with Crippen LogP contribution in [0.15, 0.2) is 12.7 Å². The van der Waals surface area contributed by atoms with Gasteiger partial charge in [-0.1, -0.05) is 6.08 Å². The minimum absolute atomic E-state index is 0.0313. The zero-order chi connectivity index (χ0) is 15.0. The molecule has 0 bridgehead atoms. The molecule has 0 saturated heterocycles. The Labute approximate surface area is 112 Å². The summed E-state index contributed by atoms with van der Waals surface area (Å²) in [7, 11) is 0. The highest BCUT2D eigenvalue weighted by molar-refractivity contribution is 5.83. The van der Waals surface area contributed by atoms with Gasteiger partial charge in [-0.25, -0.2) is 9.59 Å². The van der Waals surface area contributed by atoms with Crippen LogP contribution in [0, 0.1) is 0 Å². The minimum atomic E-state index is -1.20. The summed E-state index contributed by atoms with van der Waals surface area (Å²) in [5.74, 6) is -1.80. The van der Waals surface area contributed by atoms with Gasteiger partial charge in [-0.3, -0.25) is 4.79 Å². The third-order valence-corrected chi connectivity index (χ3v) is 2.49. The van der Waals surface area contributed by atoms with E-state index in [0.717, 1.165) is 0 Å². The lowest BCUT2D eigenvalue weighted by Crippen LogP contribution is -2.50. The lowest BCUT2D eigenvalue weighted by molar-refractivity contribution is -0.139. The number of nitrogens with zero attached hydrogens (tertiary/aromatic N) is 1. The van der Waals surface area contributed by atoms with Gasteiger partial charge in [0.15, 0.2) is 0 Å². The fourth-order valence-corrected chi connectivity index (χ4v) is 1.44. The van der Waals surface area contributed by atoms with Crippen LogP contribution in [0.3, 0.4) is 0 Å². The van der Waals surface area contributed by atoms with Crippen LogP contribution < -0.4 is 11.1 Å². The molecule has 4 N–H and O–H groups in total. The third kappa shape index (κ3) is 6.44. The van der Waals surface area contributed by atoms with Gasteiger partial charge in [0, 0.05) is 19.0 Å². The molecule has 0 aliphatic carbocycles. The first kappa shape index (κ1) is 16.9. The number of carbonyl (C=O) groups is 3. The fourth-order valence-electron chi connectivity index (χ4n) is 1.44. The number of carboxylic acids is 1. The summed E-state index contributed by atoms with van der Waals surface area (Å²) in [6.45, 7) is 7.47. The Bertz CT molecular complexity index is 355. The molecule has 0 saturated carbocycles. The van der Waals surface area contributed by atoms with E-state index in [-0.39, 0.29) is 18.9 Å². The van der Waals surface area contributed by atoms with Crippen molar-refractivity contribution >= 4 is 17.9 Å². The number of carbonyl (C=O) groups excluding carboxylic acids is 2. The molecule has 0 fully saturated rings. The van der Waals surface area contributed by atoms with E-state index in [1.807, 2.05) is 13.8 Å². The van der Waals surface area contributed by atoms with Crippen LogP contribution in [0.25, 0.3) is 0 Å². The zero-order valence-corrected chi connectivity index (χ0v) is 11.3. The maximum Gasteiger partial charge on any atom is 0.326 e. The summed E-state index contributed by atoms with van der Waals surface area (Å²) in [5.41, 5.74) is 4.96. The number of rotatable bonds is 8. The van der Waals surface area contributed by atoms with Crippen molar-refractivity contribution in [3.63, 3.8) is 0 Å². The van der Waals surface area contributed by atoms with Crippen molar-refractivity contribution in [1.29, 1.82) is 0 Å². The van der Waals surface area contributed by atoms with E-state index < -0.39 is 23.9 Å². The number of hydrogen-bond acceptors (Lipinski definition) is 3. The van der Waals surface area contributed by atoms with E-state index in [2.05, 4.69) is 11.9 Å². The SMILES string of the molecule is C=CCN(C(=O)N[C@H](CCC(N)=O)C(=O)O)C(C)C. The first-order valence-corrected chi connectivity index (χ1v) is 5.98. The van der Waals surface area contributed by atoms with Crippen molar-refractivity contribution in [3.8, 4) is 0 Å². The van der Waals surface area contributed by atoms with Gasteiger partial charge in [-0.2, -0.15) is 0 Å². The number of aliphatic carboxylic acids is 1. The van der Waals surface area contributed by atoms with Crippen molar-refractivity contribution in [2.75, 3.05) is 6.54 Å². The molecule has 7 heteroatoms. The van der Waals surface area contributed by atoms with Gasteiger partial charge in [0.1, 0.15) is 6.04 Å². The van der Waals surface area contributed by atoms with Crippen LogP contribution in [-0.4, -0.2) is 46.5 Å². The summed E-state index contributed by atoms with van der Waals surface area (Å²) in [4.78, 5) is 35.0. The van der Waals surface area contributed by atoms with Crippen LogP contribution in [0.2, 0.25) is 0 Å². The van der Waals surface area contributed by atoms with Crippen molar-refractivity contribution in [1.82, 2.24) is 10.2 Å². The van der Waals surface area contributed by atoms with E-state index >= 15 is 0 Å². The van der Waals surface area contributed by atoms with Crippen LogP contribution in [0.5, 0.6) is 0 Å². The number of nitrogens with two attached hydrogens (primary N) is 1. The summed E-state index contributed by atoms with van der Waals surface area (Å²) in [6, 6.07) is -1.73. The smallest absolute Gasteiger partial charge is 0.326 e. The first-order valence-electron chi connectivity index (χ1n) is 5.98. The van der Waals surface area contributed by atoms with Gasteiger partial charge >= 0.3 is 12.0 Å². The van der Waals surface area contributed by atoms with Gasteiger partial charge in [0.05, 0.1) is 0 Å². The minimum Gasteiger partial charge on any atom is -0.480 e. The molecule has 0 aromatic heterocycles. The molecule has 0 heterocycles. The normalized spacial score (nSPS) is 11.7. The quantitative estimate of drug-likeness (QED) is 0.551. The molecular weight excluding hydrogens is 250 g/mol. The number of primary amides is 1. The Morgan fingerprint density at radius 2 is 2.00 bits per heavy atom. The molecule has 0 rings (SSSR count). The van der Waals surface area contributed by atoms with E-state index in [9.17, 15) is 14.4 Å². The van der Waals surface area contributed by atoms with E-state index in [4.69, 9.17) is 10.8 Å². The fraction of sp³-hybridized carbons (Fsp3) is 0.583. The molecule has 108 valence electrons. The molecule has 0 unspecified atom stereocenters. The van der Waals surface area contributed by atoms with Gasteiger partial charge in [-0.15, -0.1) is 6.58 Å². The second kappa shape index (κ2) is 8.12. The van der Waals surface area contributed by atoms with Gasteiger partial charge in [-0.05, 0) is 20.3 Å². The van der Waals surface area contributed by atoms with Crippen LogP contribution in [0.1, 0.15) is 26.7 Å². The lowest BCUT2D eigenvalue weighted by Gasteiger charge is -2.27. The molecule has 1 atom stereocenters. The average Bonchev–Trinajstić information content (AvgIpc) is 2.29. The Hall–Kier alpha value is -2.05. The summed E-state index contributed by atoms with van der Waals surface area (Å²) < 4.78 is 0. The molecule has 19 heavy (non-hydrogen) atoms. The Morgan fingerprint density at radius 3 is 2.37 bits per heavy atom. The molecule has 0 aliphatic heterocycles. The van der Waals surface area contributed by atoms with E-state index in [0.29, 0.717) is 6.54 Å². The second-order valence-electron chi connectivity index (χ2n) is 4.38. The lowest BCUT2D eigenvalue weighted by atomic mass is 10.1. The number of nitrogens with one attached hydrogen (secondary N) is 1. The summed E-state index contributed by atoms with van der Waals surface area (Å²) in [5, 5.41) is 11.3. The zero-order valence-electron chi connectivity index (χ0n) is 11.3. The summed E-state index contributed by atoms with van der Waals surface area (Å²) >= 11 is 0. The van der Waals surface area contributed by atoms with Crippen molar-refractivity contribution < 1.29 is 19.5 Å². The summed E-state index contributed by atoms with van der Waals surface area (Å²) in [6.07, 6.45) is 1.43. The van der Waals surface area contributed by atoms with Crippen LogP contribution in [-0.2, 0) is 9.59 Å². The van der Waals surface area contributed by atoms with Crippen molar-refractivity contribution in [2.45, 2.75) is 38.8 Å². The van der Waals surface area contributed by atoms with Crippen LogP contribution >= 0.6 is 0 Å². The molecule has 7 nitrogen and oxygen atoms in total. The average molecular weight is 271 g/mol. The Kier molecular flexibility index (Phi) is 7.25. The second-order valence-corrected chi connectivity index (χ2v) is 4.38. The monoisotopic (exact) mass is 271 g/mol. The molecule has 3 amide bonds. The Balaban J connectivity index is 4.63.